The predicted octanol–water partition coefficient (Wildman–Crippen LogP) is 2.29. The fraction of sp³-hybridized carbons (Fsp3) is 0.286. The van der Waals surface area contributed by atoms with Crippen molar-refractivity contribution < 1.29 is 14.1 Å². The minimum atomic E-state index is 0.0107. The van der Waals surface area contributed by atoms with Gasteiger partial charge in [-0.25, -0.2) is 0 Å². The number of hydrogen-bond donors (Lipinski definition) is 1. The van der Waals surface area contributed by atoms with Gasteiger partial charge in [-0.05, 0) is 42.5 Å². The first-order chi connectivity index (χ1) is 14.1. The van der Waals surface area contributed by atoms with Crippen LogP contribution in [0.15, 0.2) is 53.1 Å². The number of nitrogen functional groups attached to an aromatic ring is 1. The molecule has 150 valence electrons. The molecule has 29 heavy (non-hydrogen) atoms. The lowest BCUT2D eigenvalue weighted by atomic mass is 10.1. The van der Waals surface area contributed by atoms with Crippen LogP contribution in [0.2, 0.25) is 0 Å². The number of amides is 1. The maximum absolute atomic E-state index is 12.6. The van der Waals surface area contributed by atoms with Gasteiger partial charge in [-0.15, -0.1) is 0 Å². The van der Waals surface area contributed by atoms with E-state index >= 15 is 0 Å². The largest absolute Gasteiger partial charge is 0.497 e. The van der Waals surface area contributed by atoms with E-state index in [0.29, 0.717) is 42.6 Å². The van der Waals surface area contributed by atoms with E-state index in [1.807, 2.05) is 29.2 Å². The van der Waals surface area contributed by atoms with Gasteiger partial charge in [0.15, 0.2) is 0 Å². The summed E-state index contributed by atoms with van der Waals surface area (Å²) in [7, 11) is 1.63. The Morgan fingerprint density at radius 2 is 1.90 bits per heavy atom. The smallest absolute Gasteiger partial charge is 0.254 e. The Hall–Kier alpha value is -3.39. The van der Waals surface area contributed by atoms with E-state index in [9.17, 15) is 4.79 Å². The van der Waals surface area contributed by atoms with Crippen LogP contribution in [0.5, 0.6) is 5.75 Å². The van der Waals surface area contributed by atoms with Gasteiger partial charge < -0.3 is 19.9 Å². The summed E-state index contributed by atoms with van der Waals surface area (Å²) in [6.07, 6.45) is 0. The van der Waals surface area contributed by atoms with Crippen LogP contribution in [0.25, 0.3) is 11.4 Å². The first-order valence-corrected chi connectivity index (χ1v) is 9.46. The topological polar surface area (TPSA) is 97.7 Å². The minimum absolute atomic E-state index is 0.0107. The molecule has 2 N–H and O–H groups in total. The van der Waals surface area contributed by atoms with Gasteiger partial charge in [0.05, 0.1) is 13.7 Å². The number of carbonyl (C=O) groups excluding carboxylic acids is 1. The number of benzene rings is 2. The highest BCUT2D eigenvalue weighted by molar-refractivity contribution is 5.95. The minimum Gasteiger partial charge on any atom is -0.497 e. The van der Waals surface area contributed by atoms with Crippen molar-refractivity contribution >= 4 is 11.6 Å². The molecule has 1 aliphatic rings. The van der Waals surface area contributed by atoms with Gasteiger partial charge in [-0.1, -0.05) is 11.2 Å². The summed E-state index contributed by atoms with van der Waals surface area (Å²) in [6.45, 7) is 3.34. The van der Waals surface area contributed by atoms with Crippen molar-refractivity contribution in [2.24, 2.45) is 0 Å². The second-order valence-corrected chi connectivity index (χ2v) is 6.93. The quantitative estimate of drug-likeness (QED) is 0.664. The lowest BCUT2D eigenvalue weighted by molar-refractivity contribution is 0.0615. The van der Waals surface area contributed by atoms with Crippen LogP contribution in [0.3, 0.4) is 0 Å². The van der Waals surface area contributed by atoms with Gasteiger partial charge >= 0.3 is 0 Å². The molecule has 1 saturated heterocycles. The molecule has 0 radical (unpaired) electrons. The second kappa shape index (κ2) is 8.32. The fourth-order valence-electron chi connectivity index (χ4n) is 3.33. The van der Waals surface area contributed by atoms with Crippen molar-refractivity contribution in [3.63, 3.8) is 0 Å². The molecule has 2 heterocycles. The number of nitrogens with two attached hydrogens (primary N) is 1. The summed E-state index contributed by atoms with van der Waals surface area (Å²) in [5.41, 5.74) is 7.88. The molecule has 3 aromatic rings. The second-order valence-electron chi connectivity index (χ2n) is 6.93. The molecule has 8 nitrogen and oxygen atoms in total. The van der Waals surface area contributed by atoms with Gasteiger partial charge in [-0.2, -0.15) is 4.98 Å². The van der Waals surface area contributed by atoms with Crippen LogP contribution in [-0.2, 0) is 6.54 Å². The summed E-state index contributed by atoms with van der Waals surface area (Å²) in [5.74, 6) is 1.91. The maximum Gasteiger partial charge on any atom is 0.254 e. The Balaban J connectivity index is 1.33. The molecule has 1 amide bonds. The Bertz CT molecular complexity index is 978. The number of anilines is 1. The molecule has 0 atom stereocenters. The summed E-state index contributed by atoms with van der Waals surface area (Å²) in [5, 5.41) is 4.07. The van der Waals surface area contributed by atoms with E-state index in [-0.39, 0.29) is 5.91 Å². The monoisotopic (exact) mass is 393 g/mol. The van der Waals surface area contributed by atoms with E-state index in [4.69, 9.17) is 15.0 Å². The average Bonchev–Trinajstić information content (AvgIpc) is 3.22. The Labute approximate surface area is 168 Å². The number of rotatable bonds is 5. The number of nitrogens with zero attached hydrogens (tertiary/aromatic N) is 4. The first-order valence-electron chi connectivity index (χ1n) is 9.46. The van der Waals surface area contributed by atoms with Crippen molar-refractivity contribution in [1.29, 1.82) is 0 Å². The predicted molar refractivity (Wildman–Crippen MR) is 108 cm³/mol. The molecular weight excluding hydrogens is 370 g/mol. The third-order valence-electron chi connectivity index (χ3n) is 4.97. The van der Waals surface area contributed by atoms with Gasteiger partial charge in [0.1, 0.15) is 5.75 Å². The van der Waals surface area contributed by atoms with E-state index in [1.54, 1.807) is 31.4 Å². The van der Waals surface area contributed by atoms with Crippen LogP contribution < -0.4 is 10.5 Å². The lowest BCUT2D eigenvalue weighted by Gasteiger charge is -2.34. The molecule has 0 aliphatic carbocycles. The highest BCUT2D eigenvalue weighted by atomic mass is 16.5. The molecule has 0 unspecified atom stereocenters. The lowest BCUT2D eigenvalue weighted by Crippen LogP contribution is -2.48. The fourth-order valence-corrected chi connectivity index (χ4v) is 3.33. The number of piperazine rings is 1. The van der Waals surface area contributed by atoms with Crippen molar-refractivity contribution in [3.05, 3.63) is 60.0 Å². The summed E-state index contributed by atoms with van der Waals surface area (Å²) in [4.78, 5) is 21.2. The van der Waals surface area contributed by atoms with E-state index in [2.05, 4.69) is 15.0 Å². The molecule has 0 spiro atoms. The van der Waals surface area contributed by atoms with Crippen LogP contribution >= 0.6 is 0 Å². The maximum atomic E-state index is 12.6. The van der Waals surface area contributed by atoms with Gasteiger partial charge in [0, 0.05) is 43.0 Å². The SMILES string of the molecule is COc1ccc(-c2noc(CN3CCN(C(=O)c4cccc(N)c4)CC3)n2)cc1. The van der Waals surface area contributed by atoms with Crippen LogP contribution in [0, 0.1) is 0 Å². The zero-order chi connectivity index (χ0) is 20.2. The molecule has 2 aromatic carbocycles. The molecule has 1 aromatic heterocycles. The normalized spacial score (nSPS) is 14.7. The van der Waals surface area contributed by atoms with E-state index in [0.717, 1.165) is 24.4 Å². The molecule has 0 saturated carbocycles. The molecule has 0 bridgehead atoms. The van der Waals surface area contributed by atoms with Gasteiger partial charge in [0.2, 0.25) is 11.7 Å². The zero-order valence-corrected chi connectivity index (χ0v) is 16.2. The highest BCUT2D eigenvalue weighted by Gasteiger charge is 2.23. The number of ether oxygens (including phenoxy) is 1. The van der Waals surface area contributed by atoms with Crippen LogP contribution in [-0.4, -0.2) is 59.1 Å². The van der Waals surface area contributed by atoms with Crippen molar-refractivity contribution in [2.75, 3.05) is 39.0 Å². The highest BCUT2D eigenvalue weighted by Crippen LogP contribution is 2.20. The standard InChI is InChI=1S/C21H23N5O3/c1-28-18-7-5-15(6-8-18)20-23-19(29-24-20)14-25-9-11-26(12-10-25)21(27)16-3-2-4-17(22)13-16/h2-8,13H,9-12,14,22H2,1H3. The van der Waals surface area contributed by atoms with Gasteiger partial charge in [0.25, 0.3) is 5.91 Å². The van der Waals surface area contributed by atoms with Crippen LogP contribution in [0.1, 0.15) is 16.2 Å². The molecular formula is C21H23N5O3. The molecule has 8 heteroatoms. The number of carbonyl (C=O) groups is 1. The number of aromatic nitrogens is 2. The summed E-state index contributed by atoms with van der Waals surface area (Å²) in [6, 6.07) is 14.6. The van der Waals surface area contributed by atoms with Crippen LogP contribution in [0.4, 0.5) is 5.69 Å². The first kappa shape index (κ1) is 18.9. The molecule has 1 fully saturated rings. The number of hydrogen-bond acceptors (Lipinski definition) is 7. The van der Waals surface area contributed by atoms with E-state index in [1.165, 1.54) is 0 Å². The van der Waals surface area contributed by atoms with Crippen molar-refractivity contribution in [1.82, 2.24) is 19.9 Å². The third kappa shape index (κ3) is 4.38. The van der Waals surface area contributed by atoms with Gasteiger partial charge in [-0.3, -0.25) is 9.69 Å². The number of methoxy groups -OCH3 is 1. The summed E-state index contributed by atoms with van der Waals surface area (Å²) < 4.78 is 10.6. The molecule has 1 aliphatic heterocycles. The Morgan fingerprint density at radius 1 is 1.14 bits per heavy atom. The summed E-state index contributed by atoms with van der Waals surface area (Å²) >= 11 is 0. The Morgan fingerprint density at radius 3 is 2.59 bits per heavy atom. The third-order valence-corrected chi connectivity index (χ3v) is 4.97. The molecule has 4 rings (SSSR count). The van der Waals surface area contributed by atoms with Crippen molar-refractivity contribution in [2.45, 2.75) is 6.54 Å². The zero-order valence-electron chi connectivity index (χ0n) is 16.2. The van der Waals surface area contributed by atoms with Crippen molar-refractivity contribution in [3.8, 4) is 17.1 Å². The average molecular weight is 393 g/mol. The van der Waals surface area contributed by atoms with E-state index < -0.39 is 0 Å². The Kier molecular flexibility index (Phi) is 5.44.